The zero-order chi connectivity index (χ0) is 20.3. The lowest BCUT2D eigenvalue weighted by Crippen LogP contribution is -2.51. The highest BCUT2D eigenvalue weighted by Crippen LogP contribution is 2.21. The van der Waals surface area contributed by atoms with Gasteiger partial charge in [-0.15, -0.1) is 0 Å². The van der Waals surface area contributed by atoms with E-state index < -0.39 is 0 Å². The predicted octanol–water partition coefficient (Wildman–Crippen LogP) is 4.19. The summed E-state index contributed by atoms with van der Waals surface area (Å²) in [5.74, 6) is -0.233. The normalized spacial score (nSPS) is 14.0. The van der Waals surface area contributed by atoms with Gasteiger partial charge in [-0.3, -0.25) is 9.59 Å². The molecule has 1 saturated heterocycles. The Morgan fingerprint density at radius 2 is 1.46 bits per heavy atom. The highest BCUT2D eigenvalue weighted by Gasteiger charge is 2.25. The number of amides is 3. The smallest absolute Gasteiger partial charge is 0.321 e. The summed E-state index contributed by atoms with van der Waals surface area (Å²) < 4.78 is 0. The molecule has 1 heterocycles. The Bertz CT molecular complexity index is 904. The number of anilines is 1. The van der Waals surface area contributed by atoms with Gasteiger partial charge < -0.3 is 15.1 Å². The van der Waals surface area contributed by atoms with Gasteiger partial charge in [0.2, 0.25) is 0 Å². The van der Waals surface area contributed by atoms with Crippen molar-refractivity contribution in [3.63, 3.8) is 0 Å². The quantitative estimate of drug-likeness (QED) is 0.758. The van der Waals surface area contributed by atoms with Crippen LogP contribution in [0.25, 0.3) is 0 Å². The number of ketones is 1. The Kier molecular flexibility index (Phi) is 6.21. The minimum absolute atomic E-state index is 0.0654. The molecule has 3 amide bonds. The van der Waals surface area contributed by atoms with E-state index >= 15 is 0 Å². The summed E-state index contributed by atoms with van der Waals surface area (Å²) in [6, 6.07) is 11.3. The van der Waals surface area contributed by atoms with Crippen molar-refractivity contribution in [2.24, 2.45) is 0 Å². The molecule has 0 atom stereocenters. The van der Waals surface area contributed by atoms with Gasteiger partial charge in [0, 0.05) is 53.0 Å². The Morgan fingerprint density at radius 3 is 2.07 bits per heavy atom. The lowest BCUT2D eigenvalue weighted by atomic mass is 10.1. The number of halogens is 2. The fourth-order valence-corrected chi connectivity index (χ4v) is 3.52. The minimum Gasteiger partial charge on any atom is -0.335 e. The topological polar surface area (TPSA) is 69.7 Å². The number of piperazine rings is 1. The van der Waals surface area contributed by atoms with Gasteiger partial charge in [-0.25, -0.2) is 4.79 Å². The second kappa shape index (κ2) is 8.63. The first-order valence-corrected chi connectivity index (χ1v) is 9.51. The fourth-order valence-electron chi connectivity index (χ4n) is 2.99. The zero-order valence-corrected chi connectivity index (χ0v) is 16.8. The Morgan fingerprint density at radius 1 is 0.857 bits per heavy atom. The van der Waals surface area contributed by atoms with Crippen LogP contribution in [0.15, 0.2) is 42.5 Å². The third kappa shape index (κ3) is 4.82. The van der Waals surface area contributed by atoms with Crippen LogP contribution in [0.2, 0.25) is 10.0 Å². The molecular weight excluding hydrogens is 401 g/mol. The molecule has 0 radical (unpaired) electrons. The van der Waals surface area contributed by atoms with Crippen molar-refractivity contribution in [2.45, 2.75) is 6.92 Å². The van der Waals surface area contributed by atoms with Crippen LogP contribution in [0.4, 0.5) is 10.5 Å². The summed E-state index contributed by atoms with van der Waals surface area (Å²) in [5.41, 5.74) is 1.52. The minimum atomic E-state index is -0.265. The average Bonchev–Trinajstić information content (AvgIpc) is 2.67. The van der Waals surface area contributed by atoms with Gasteiger partial charge in [-0.05, 0) is 37.3 Å². The van der Waals surface area contributed by atoms with Gasteiger partial charge in [0.1, 0.15) is 0 Å². The molecule has 0 spiro atoms. The standard InChI is InChI=1S/C20H19Cl2N3O3/c1-13(26)14-3-2-4-18(11-14)23-20(28)25-7-5-24(6-8-25)19(27)15-9-16(21)12-17(22)10-15/h2-4,9-12H,5-8H2,1H3,(H,23,28). The monoisotopic (exact) mass is 419 g/mol. The molecule has 3 rings (SSSR count). The second-order valence-corrected chi connectivity index (χ2v) is 7.38. The number of hydrogen-bond acceptors (Lipinski definition) is 3. The molecular formula is C20H19Cl2N3O3. The molecule has 0 aromatic heterocycles. The maximum Gasteiger partial charge on any atom is 0.321 e. The molecule has 0 unspecified atom stereocenters. The summed E-state index contributed by atoms with van der Waals surface area (Å²) in [6.45, 7) is 3.09. The molecule has 0 saturated carbocycles. The molecule has 1 aliphatic rings. The third-order valence-electron chi connectivity index (χ3n) is 4.48. The van der Waals surface area contributed by atoms with Crippen LogP contribution in [0.3, 0.4) is 0 Å². The number of urea groups is 1. The van der Waals surface area contributed by atoms with Crippen molar-refractivity contribution < 1.29 is 14.4 Å². The number of nitrogens with one attached hydrogen (secondary N) is 1. The van der Waals surface area contributed by atoms with Crippen LogP contribution in [-0.2, 0) is 0 Å². The number of benzene rings is 2. The largest absolute Gasteiger partial charge is 0.335 e. The van der Waals surface area contributed by atoms with E-state index in [9.17, 15) is 14.4 Å². The van der Waals surface area contributed by atoms with Gasteiger partial charge in [0.05, 0.1) is 0 Å². The molecule has 1 N–H and O–H groups in total. The summed E-state index contributed by atoms with van der Waals surface area (Å²) in [6.07, 6.45) is 0. The van der Waals surface area contributed by atoms with Crippen LogP contribution in [-0.4, -0.2) is 53.7 Å². The molecule has 1 fully saturated rings. The molecule has 2 aromatic carbocycles. The zero-order valence-electron chi connectivity index (χ0n) is 15.2. The Balaban J connectivity index is 1.58. The highest BCUT2D eigenvalue weighted by molar-refractivity contribution is 6.35. The van der Waals surface area contributed by atoms with E-state index in [1.807, 2.05) is 0 Å². The average molecular weight is 420 g/mol. The number of nitrogens with zero attached hydrogens (tertiary/aromatic N) is 2. The van der Waals surface area contributed by atoms with Crippen LogP contribution in [0.5, 0.6) is 0 Å². The van der Waals surface area contributed by atoms with Gasteiger partial charge in [-0.2, -0.15) is 0 Å². The van der Waals surface area contributed by atoms with Gasteiger partial charge in [0.15, 0.2) is 5.78 Å². The summed E-state index contributed by atoms with van der Waals surface area (Å²) in [4.78, 5) is 39.9. The van der Waals surface area contributed by atoms with Gasteiger partial charge in [0.25, 0.3) is 5.91 Å². The Labute approximate surface area is 173 Å². The van der Waals surface area contributed by atoms with E-state index in [0.29, 0.717) is 53.0 Å². The summed E-state index contributed by atoms with van der Waals surface area (Å²) >= 11 is 11.9. The van der Waals surface area contributed by atoms with Crippen LogP contribution in [0.1, 0.15) is 27.6 Å². The van der Waals surface area contributed by atoms with Crippen molar-refractivity contribution in [1.82, 2.24) is 9.80 Å². The SMILES string of the molecule is CC(=O)c1cccc(NC(=O)N2CCN(C(=O)c3cc(Cl)cc(Cl)c3)CC2)c1. The molecule has 0 aliphatic carbocycles. The maximum atomic E-state index is 12.6. The van der Waals surface area contributed by atoms with Crippen LogP contribution in [0, 0.1) is 0 Å². The number of Topliss-reactive ketones (excluding diaryl/α,β-unsaturated/α-hetero) is 1. The van der Waals surface area contributed by atoms with E-state index in [0.717, 1.165) is 0 Å². The van der Waals surface area contributed by atoms with Gasteiger partial charge >= 0.3 is 6.03 Å². The first-order valence-electron chi connectivity index (χ1n) is 8.76. The van der Waals surface area contributed by atoms with Crippen LogP contribution >= 0.6 is 23.2 Å². The summed E-state index contributed by atoms with van der Waals surface area (Å²) in [5, 5.41) is 3.60. The third-order valence-corrected chi connectivity index (χ3v) is 4.92. The molecule has 6 nitrogen and oxygen atoms in total. The summed E-state index contributed by atoms with van der Waals surface area (Å²) in [7, 11) is 0. The van der Waals surface area contributed by atoms with Crippen molar-refractivity contribution in [2.75, 3.05) is 31.5 Å². The maximum absolute atomic E-state index is 12.6. The lowest BCUT2D eigenvalue weighted by molar-refractivity contribution is 0.0671. The van der Waals surface area contributed by atoms with E-state index in [1.54, 1.807) is 52.3 Å². The molecule has 8 heteroatoms. The molecule has 146 valence electrons. The van der Waals surface area contributed by atoms with Crippen molar-refractivity contribution in [1.29, 1.82) is 0 Å². The molecule has 0 bridgehead atoms. The van der Waals surface area contributed by atoms with Crippen LogP contribution < -0.4 is 5.32 Å². The first-order chi connectivity index (χ1) is 13.3. The van der Waals surface area contributed by atoms with E-state index in [-0.39, 0.29) is 17.7 Å². The van der Waals surface area contributed by atoms with Crippen molar-refractivity contribution in [3.05, 3.63) is 63.6 Å². The van der Waals surface area contributed by atoms with E-state index in [1.165, 1.54) is 6.92 Å². The molecule has 2 aromatic rings. The molecule has 28 heavy (non-hydrogen) atoms. The number of carbonyl (C=O) groups is 3. The molecule has 1 aliphatic heterocycles. The van der Waals surface area contributed by atoms with E-state index in [2.05, 4.69) is 5.32 Å². The number of carbonyl (C=O) groups excluding carboxylic acids is 3. The first kappa shape index (κ1) is 20.2. The Hall–Kier alpha value is -2.57. The van der Waals surface area contributed by atoms with E-state index in [4.69, 9.17) is 23.2 Å². The predicted molar refractivity (Wildman–Crippen MR) is 109 cm³/mol. The van der Waals surface area contributed by atoms with Crippen molar-refractivity contribution >= 4 is 46.6 Å². The number of hydrogen-bond donors (Lipinski definition) is 1. The number of rotatable bonds is 3. The second-order valence-electron chi connectivity index (χ2n) is 6.50. The van der Waals surface area contributed by atoms with Gasteiger partial charge in [-0.1, -0.05) is 35.3 Å². The fraction of sp³-hybridized carbons (Fsp3) is 0.250. The lowest BCUT2D eigenvalue weighted by Gasteiger charge is -2.34. The van der Waals surface area contributed by atoms with Crippen molar-refractivity contribution in [3.8, 4) is 0 Å². The highest BCUT2D eigenvalue weighted by atomic mass is 35.5.